The number of aromatic nitrogens is 3. The lowest BCUT2D eigenvalue weighted by molar-refractivity contribution is 0.0938. The van der Waals surface area contributed by atoms with Crippen molar-refractivity contribution in [1.82, 2.24) is 20.5 Å². The topological polar surface area (TPSA) is 70.7 Å². The van der Waals surface area contributed by atoms with Gasteiger partial charge in [-0.05, 0) is 48.2 Å². The van der Waals surface area contributed by atoms with Crippen molar-refractivity contribution in [1.29, 1.82) is 0 Å². The van der Waals surface area contributed by atoms with Gasteiger partial charge in [0.25, 0.3) is 5.91 Å². The van der Waals surface area contributed by atoms with Crippen molar-refractivity contribution < 1.29 is 4.79 Å². The summed E-state index contributed by atoms with van der Waals surface area (Å²) >= 11 is 5.99. The highest BCUT2D eigenvalue weighted by atomic mass is 35.5. The number of rotatable bonds is 7. The molecule has 3 rings (SSSR count). The van der Waals surface area contributed by atoms with Gasteiger partial charge < -0.3 is 5.32 Å². The minimum atomic E-state index is -0.329. The van der Waals surface area contributed by atoms with Gasteiger partial charge in [0.05, 0.1) is 6.04 Å². The van der Waals surface area contributed by atoms with E-state index in [2.05, 4.69) is 27.4 Å². The number of H-pyrrole nitrogens is 1. The summed E-state index contributed by atoms with van der Waals surface area (Å²) in [6, 6.07) is 12.7. The minimum absolute atomic E-state index is 0.229. The van der Waals surface area contributed by atoms with Crippen molar-refractivity contribution in [2.75, 3.05) is 0 Å². The van der Waals surface area contributed by atoms with Crippen LogP contribution >= 0.6 is 11.6 Å². The van der Waals surface area contributed by atoms with Crippen LogP contribution in [0, 0.1) is 0 Å². The van der Waals surface area contributed by atoms with Crippen molar-refractivity contribution in [3.05, 3.63) is 82.4 Å². The van der Waals surface area contributed by atoms with Crippen LogP contribution in [0.4, 0.5) is 0 Å². The van der Waals surface area contributed by atoms with Crippen molar-refractivity contribution in [3.8, 4) is 0 Å². The number of nitrogens with one attached hydrogen (secondary N) is 2. The van der Waals surface area contributed by atoms with Gasteiger partial charge in [-0.2, -0.15) is 5.10 Å². The van der Waals surface area contributed by atoms with Crippen LogP contribution in [-0.4, -0.2) is 21.1 Å². The molecule has 26 heavy (non-hydrogen) atoms. The van der Waals surface area contributed by atoms with Crippen LogP contribution in [-0.2, 0) is 6.42 Å². The third-order valence-corrected chi connectivity index (χ3v) is 4.41. The molecule has 2 N–H and O–H groups in total. The standard InChI is InChI=1S/C20H21ClN4O/c1-2-3-6-17-12-18(25-24-17)20(26)23-19(15-5-4-11-22-13-15)14-7-9-16(21)10-8-14/h4-5,7-13,19H,2-3,6H2,1H3,(H,23,26)(H,24,25)/t19-/m1/s1. The number of hydrogen-bond donors (Lipinski definition) is 2. The third kappa shape index (κ3) is 4.49. The van der Waals surface area contributed by atoms with Crippen molar-refractivity contribution in [2.24, 2.45) is 0 Å². The highest BCUT2D eigenvalue weighted by Crippen LogP contribution is 2.23. The molecule has 0 spiro atoms. The van der Waals surface area contributed by atoms with E-state index in [9.17, 15) is 4.79 Å². The molecular weight excluding hydrogens is 348 g/mol. The summed E-state index contributed by atoms with van der Waals surface area (Å²) < 4.78 is 0. The Labute approximate surface area is 157 Å². The predicted octanol–water partition coefficient (Wildman–Crippen LogP) is 4.32. The van der Waals surface area contributed by atoms with Crippen LogP contribution in [0.15, 0.2) is 54.9 Å². The fourth-order valence-electron chi connectivity index (χ4n) is 2.74. The molecule has 0 fully saturated rings. The average Bonchev–Trinajstić information content (AvgIpc) is 3.15. The first kappa shape index (κ1) is 18.1. The van der Waals surface area contributed by atoms with Gasteiger partial charge in [0, 0.05) is 23.1 Å². The molecule has 1 aromatic carbocycles. The fraction of sp³-hybridized carbons (Fsp3) is 0.250. The zero-order chi connectivity index (χ0) is 18.4. The molecule has 0 aliphatic carbocycles. The number of halogens is 1. The minimum Gasteiger partial charge on any atom is -0.340 e. The Morgan fingerprint density at radius 3 is 2.73 bits per heavy atom. The van der Waals surface area contributed by atoms with Gasteiger partial charge in [0.1, 0.15) is 5.69 Å². The number of benzene rings is 1. The highest BCUT2D eigenvalue weighted by molar-refractivity contribution is 6.30. The molecule has 0 saturated heterocycles. The van der Waals surface area contributed by atoms with E-state index in [-0.39, 0.29) is 11.9 Å². The van der Waals surface area contributed by atoms with E-state index in [4.69, 9.17) is 11.6 Å². The van der Waals surface area contributed by atoms with Crippen molar-refractivity contribution in [2.45, 2.75) is 32.2 Å². The second-order valence-electron chi connectivity index (χ2n) is 6.13. The maximum absolute atomic E-state index is 12.7. The van der Waals surface area contributed by atoms with E-state index in [1.54, 1.807) is 12.4 Å². The SMILES string of the molecule is CCCCc1cc(C(=O)N[C@H](c2ccc(Cl)cc2)c2cccnc2)n[nH]1. The van der Waals surface area contributed by atoms with Crippen LogP contribution in [0.2, 0.25) is 5.02 Å². The average molecular weight is 369 g/mol. The maximum atomic E-state index is 12.7. The molecule has 5 nitrogen and oxygen atoms in total. The smallest absolute Gasteiger partial charge is 0.272 e. The van der Waals surface area contributed by atoms with E-state index in [1.807, 2.05) is 42.5 Å². The van der Waals surface area contributed by atoms with Gasteiger partial charge in [-0.15, -0.1) is 0 Å². The Hall–Kier alpha value is -2.66. The Morgan fingerprint density at radius 1 is 1.23 bits per heavy atom. The van der Waals surface area contributed by atoms with Gasteiger partial charge in [0.15, 0.2) is 0 Å². The van der Waals surface area contributed by atoms with E-state index in [0.29, 0.717) is 10.7 Å². The Bertz CT molecular complexity index is 846. The van der Waals surface area contributed by atoms with Crippen LogP contribution in [0.1, 0.15) is 53.1 Å². The van der Waals surface area contributed by atoms with E-state index >= 15 is 0 Å². The monoisotopic (exact) mass is 368 g/mol. The first-order chi connectivity index (χ1) is 12.7. The molecular formula is C20H21ClN4O. The van der Waals surface area contributed by atoms with Crippen molar-refractivity contribution in [3.63, 3.8) is 0 Å². The molecule has 0 aliphatic heterocycles. The van der Waals surface area contributed by atoms with E-state index < -0.39 is 0 Å². The summed E-state index contributed by atoms with van der Waals surface area (Å²) in [5.74, 6) is -0.229. The number of aryl methyl sites for hydroxylation is 1. The van der Waals surface area contributed by atoms with E-state index in [1.165, 1.54) is 0 Å². The second kappa shape index (κ2) is 8.63. The van der Waals surface area contributed by atoms with Crippen LogP contribution in [0.25, 0.3) is 0 Å². The molecule has 2 aromatic heterocycles. The van der Waals surface area contributed by atoms with Gasteiger partial charge >= 0.3 is 0 Å². The summed E-state index contributed by atoms with van der Waals surface area (Å²) in [5.41, 5.74) is 3.18. The zero-order valence-corrected chi connectivity index (χ0v) is 15.3. The highest BCUT2D eigenvalue weighted by Gasteiger charge is 2.19. The van der Waals surface area contributed by atoms with Crippen LogP contribution in [0.5, 0.6) is 0 Å². The lowest BCUT2D eigenvalue weighted by Gasteiger charge is -2.19. The molecule has 0 radical (unpaired) electrons. The number of aromatic amines is 1. The molecule has 0 unspecified atom stereocenters. The molecule has 134 valence electrons. The summed E-state index contributed by atoms with van der Waals surface area (Å²) in [6.45, 7) is 2.13. The van der Waals surface area contributed by atoms with Crippen LogP contribution in [0.3, 0.4) is 0 Å². The molecule has 0 aliphatic rings. The fourth-order valence-corrected chi connectivity index (χ4v) is 2.87. The zero-order valence-electron chi connectivity index (χ0n) is 14.6. The normalized spacial score (nSPS) is 11.9. The largest absolute Gasteiger partial charge is 0.340 e. The summed E-state index contributed by atoms with van der Waals surface area (Å²) in [6.07, 6.45) is 6.50. The van der Waals surface area contributed by atoms with Crippen LogP contribution < -0.4 is 5.32 Å². The number of amides is 1. The number of hydrogen-bond acceptors (Lipinski definition) is 3. The number of nitrogens with zero attached hydrogens (tertiary/aromatic N) is 2. The first-order valence-electron chi connectivity index (χ1n) is 8.68. The van der Waals surface area contributed by atoms with Gasteiger partial charge in [0.2, 0.25) is 0 Å². The Balaban J connectivity index is 1.82. The quantitative estimate of drug-likeness (QED) is 0.652. The van der Waals surface area contributed by atoms with Gasteiger partial charge in [-0.3, -0.25) is 14.9 Å². The Morgan fingerprint density at radius 2 is 2.04 bits per heavy atom. The Kier molecular flexibility index (Phi) is 6.02. The molecule has 3 aromatic rings. The van der Waals surface area contributed by atoms with Gasteiger partial charge in [-0.25, -0.2) is 0 Å². The molecule has 1 atom stereocenters. The number of unbranched alkanes of at least 4 members (excludes halogenated alkanes) is 1. The number of carbonyl (C=O) groups is 1. The molecule has 6 heteroatoms. The summed E-state index contributed by atoms with van der Waals surface area (Å²) in [5, 5.41) is 10.8. The third-order valence-electron chi connectivity index (χ3n) is 4.16. The first-order valence-corrected chi connectivity index (χ1v) is 9.05. The molecule has 1 amide bonds. The summed E-state index contributed by atoms with van der Waals surface area (Å²) in [4.78, 5) is 16.9. The van der Waals surface area contributed by atoms with E-state index in [0.717, 1.165) is 36.1 Å². The molecule has 0 bridgehead atoms. The molecule has 0 saturated carbocycles. The lowest BCUT2D eigenvalue weighted by Crippen LogP contribution is -2.29. The predicted molar refractivity (Wildman–Crippen MR) is 102 cm³/mol. The number of carbonyl (C=O) groups excluding carboxylic acids is 1. The second-order valence-corrected chi connectivity index (χ2v) is 6.56. The lowest BCUT2D eigenvalue weighted by atomic mass is 10.00. The van der Waals surface area contributed by atoms with Gasteiger partial charge in [-0.1, -0.05) is 43.1 Å². The maximum Gasteiger partial charge on any atom is 0.272 e. The summed E-state index contributed by atoms with van der Waals surface area (Å²) in [7, 11) is 0. The number of pyridine rings is 1. The molecule has 2 heterocycles. The van der Waals surface area contributed by atoms with Crippen molar-refractivity contribution >= 4 is 17.5 Å².